The van der Waals surface area contributed by atoms with Gasteiger partial charge < -0.3 is 14.8 Å². The van der Waals surface area contributed by atoms with Gasteiger partial charge in [-0.1, -0.05) is 26.7 Å². The fourth-order valence-corrected chi connectivity index (χ4v) is 1.91. The lowest BCUT2D eigenvalue weighted by Gasteiger charge is -2.13. The molecule has 1 aromatic rings. The van der Waals surface area contributed by atoms with Crippen molar-refractivity contribution in [1.82, 2.24) is 0 Å². The summed E-state index contributed by atoms with van der Waals surface area (Å²) in [5.74, 6) is 0.816. The summed E-state index contributed by atoms with van der Waals surface area (Å²) in [6.45, 7) is 6.83. The van der Waals surface area contributed by atoms with Crippen molar-refractivity contribution in [1.29, 1.82) is 0 Å². The van der Waals surface area contributed by atoms with Crippen LogP contribution in [0.1, 0.15) is 52.9 Å². The largest absolute Gasteiger partial charge is 0.493 e. The Morgan fingerprint density at radius 1 is 0.957 bits per heavy atom. The summed E-state index contributed by atoms with van der Waals surface area (Å²) in [4.78, 5) is 22.8. The molecule has 0 aliphatic heterocycles. The summed E-state index contributed by atoms with van der Waals surface area (Å²) in [7, 11) is 0. The minimum atomic E-state index is -0.331. The molecule has 0 atom stereocenters. The predicted molar refractivity (Wildman–Crippen MR) is 91.2 cm³/mol. The highest BCUT2D eigenvalue weighted by atomic mass is 16.5. The molecule has 1 rings (SSSR count). The molecule has 0 saturated heterocycles. The molecule has 0 bridgehead atoms. The summed E-state index contributed by atoms with van der Waals surface area (Å²) in [5, 5.41) is 2.72. The van der Waals surface area contributed by atoms with Crippen molar-refractivity contribution in [2.24, 2.45) is 0 Å². The number of hydrogen-bond donors (Lipinski definition) is 1. The maximum absolute atomic E-state index is 11.8. The molecule has 0 spiro atoms. The van der Waals surface area contributed by atoms with E-state index in [1.165, 1.54) is 6.92 Å². The zero-order chi connectivity index (χ0) is 17.1. The number of rotatable bonds is 11. The molecule has 1 amide bonds. The van der Waals surface area contributed by atoms with E-state index in [1.807, 2.05) is 6.07 Å². The second-order valence-corrected chi connectivity index (χ2v) is 5.52. The number of amides is 1. The Kier molecular flexibility index (Phi) is 8.80. The van der Waals surface area contributed by atoms with Gasteiger partial charge in [0, 0.05) is 23.9 Å². The van der Waals surface area contributed by atoms with E-state index >= 15 is 0 Å². The minimum absolute atomic E-state index is 0.132. The van der Waals surface area contributed by atoms with Crippen molar-refractivity contribution >= 4 is 17.4 Å². The molecule has 23 heavy (non-hydrogen) atoms. The number of anilines is 1. The molecule has 0 aliphatic carbocycles. The molecule has 0 saturated carbocycles. The smallest absolute Gasteiger partial charge is 0.231 e. The Morgan fingerprint density at radius 3 is 1.91 bits per heavy atom. The SMILES string of the molecule is CCCCOc1cc(NC(=O)CC(C)=O)cc(OCCCC)c1. The first-order chi connectivity index (χ1) is 11.0. The quantitative estimate of drug-likeness (QED) is 0.495. The summed E-state index contributed by atoms with van der Waals surface area (Å²) >= 11 is 0. The maximum atomic E-state index is 11.8. The number of Topliss-reactive ketones (excluding diaryl/α,β-unsaturated/α-hetero) is 1. The lowest BCUT2D eigenvalue weighted by Crippen LogP contribution is -2.15. The summed E-state index contributed by atoms with van der Waals surface area (Å²) in [6, 6.07) is 5.33. The van der Waals surface area contributed by atoms with Crippen LogP contribution in [0.2, 0.25) is 0 Å². The van der Waals surface area contributed by atoms with Gasteiger partial charge in [0.1, 0.15) is 17.3 Å². The number of benzene rings is 1. The van der Waals surface area contributed by atoms with E-state index in [0.717, 1.165) is 25.7 Å². The number of hydrogen-bond acceptors (Lipinski definition) is 4. The standard InChI is InChI=1S/C18H27NO4/c1-4-6-8-22-16-11-15(19-18(21)10-14(3)20)12-17(13-16)23-9-7-5-2/h11-13H,4-10H2,1-3H3,(H,19,21). The predicted octanol–water partition coefficient (Wildman–Crippen LogP) is 3.96. The van der Waals surface area contributed by atoms with Crippen molar-refractivity contribution in [3.63, 3.8) is 0 Å². The van der Waals surface area contributed by atoms with Crippen LogP contribution in [-0.2, 0) is 9.59 Å². The van der Waals surface area contributed by atoms with Crippen LogP contribution in [0.15, 0.2) is 18.2 Å². The molecule has 5 nitrogen and oxygen atoms in total. The average molecular weight is 321 g/mol. The van der Waals surface area contributed by atoms with Crippen molar-refractivity contribution in [2.75, 3.05) is 18.5 Å². The number of carbonyl (C=O) groups excluding carboxylic acids is 2. The topological polar surface area (TPSA) is 64.6 Å². The van der Waals surface area contributed by atoms with E-state index in [0.29, 0.717) is 30.4 Å². The Morgan fingerprint density at radius 2 is 1.48 bits per heavy atom. The van der Waals surface area contributed by atoms with Gasteiger partial charge in [0.05, 0.1) is 19.6 Å². The number of unbranched alkanes of at least 4 members (excludes halogenated alkanes) is 2. The molecule has 0 aliphatic rings. The number of ketones is 1. The molecule has 1 N–H and O–H groups in total. The Labute approximate surface area is 138 Å². The zero-order valence-electron chi connectivity index (χ0n) is 14.3. The summed E-state index contributed by atoms with van der Waals surface area (Å²) < 4.78 is 11.4. The molecule has 128 valence electrons. The van der Waals surface area contributed by atoms with Crippen LogP contribution in [0, 0.1) is 0 Å². The van der Waals surface area contributed by atoms with Gasteiger partial charge in [-0.2, -0.15) is 0 Å². The van der Waals surface area contributed by atoms with E-state index in [2.05, 4.69) is 19.2 Å². The first-order valence-electron chi connectivity index (χ1n) is 8.25. The van der Waals surface area contributed by atoms with Crippen LogP contribution >= 0.6 is 0 Å². The highest BCUT2D eigenvalue weighted by Crippen LogP contribution is 2.27. The van der Waals surface area contributed by atoms with E-state index in [4.69, 9.17) is 9.47 Å². The van der Waals surface area contributed by atoms with Crippen molar-refractivity contribution < 1.29 is 19.1 Å². The fraction of sp³-hybridized carbons (Fsp3) is 0.556. The van der Waals surface area contributed by atoms with E-state index in [1.54, 1.807) is 12.1 Å². The van der Waals surface area contributed by atoms with Gasteiger partial charge in [-0.25, -0.2) is 0 Å². The number of carbonyl (C=O) groups is 2. The minimum Gasteiger partial charge on any atom is -0.493 e. The summed E-state index contributed by atoms with van der Waals surface area (Å²) in [5.41, 5.74) is 0.580. The number of nitrogens with one attached hydrogen (secondary N) is 1. The molecule has 0 aromatic heterocycles. The third-order valence-corrected chi connectivity index (χ3v) is 3.11. The van der Waals surface area contributed by atoms with Crippen molar-refractivity contribution in [3.8, 4) is 11.5 Å². The molecule has 0 unspecified atom stereocenters. The van der Waals surface area contributed by atoms with Gasteiger partial charge >= 0.3 is 0 Å². The lowest BCUT2D eigenvalue weighted by atomic mass is 10.2. The first kappa shape index (κ1) is 19.0. The van der Waals surface area contributed by atoms with Crippen LogP contribution in [0.3, 0.4) is 0 Å². The normalized spacial score (nSPS) is 10.2. The summed E-state index contributed by atoms with van der Waals surface area (Å²) in [6.07, 6.45) is 3.90. The number of ether oxygens (including phenoxy) is 2. The van der Waals surface area contributed by atoms with Crippen LogP contribution in [0.25, 0.3) is 0 Å². The van der Waals surface area contributed by atoms with Crippen LogP contribution in [0.4, 0.5) is 5.69 Å². The van der Waals surface area contributed by atoms with Crippen LogP contribution in [-0.4, -0.2) is 24.9 Å². The second kappa shape index (κ2) is 10.6. The molecule has 0 fully saturated rings. The highest BCUT2D eigenvalue weighted by molar-refractivity contribution is 6.03. The first-order valence-corrected chi connectivity index (χ1v) is 8.25. The molecule has 0 heterocycles. The zero-order valence-corrected chi connectivity index (χ0v) is 14.3. The maximum Gasteiger partial charge on any atom is 0.231 e. The van der Waals surface area contributed by atoms with E-state index in [9.17, 15) is 9.59 Å². The van der Waals surface area contributed by atoms with Crippen LogP contribution < -0.4 is 14.8 Å². The van der Waals surface area contributed by atoms with Gasteiger partial charge in [-0.15, -0.1) is 0 Å². The monoisotopic (exact) mass is 321 g/mol. The molecular weight excluding hydrogens is 294 g/mol. The fourth-order valence-electron chi connectivity index (χ4n) is 1.91. The van der Waals surface area contributed by atoms with Crippen LogP contribution in [0.5, 0.6) is 11.5 Å². The Bertz CT molecular complexity index is 485. The van der Waals surface area contributed by atoms with Gasteiger partial charge in [0.2, 0.25) is 5.91 Å². The third kappa shape index (κ3) is 8.24. The van der Waals surface area contributed by atoms with E-state index < -0.39 is 0 Å². The Hall–Kier alpha value is -2.04. The second-order valence-electron chi connectivity index (χ2n) is 5.52. The van der Waals surface area contributed by atoms with E-state index in [-0.39, 0.29) is 18.1 Å². The molecule has 1 aromatic carbocycles. The molecule has 5 heteroatoms. The van der Waals surface area contributed by atoms with Gasteiger partial charge in [-0.3, -0.25) is 9.59 Å². The third-order valence-electron chi connectivity index (χ3n) is 3.11. The molecule has 0 radical (unpaired) electrons. The lowest BCUT2D eigenvalue weighted by molar-refractivity contribution is -0.124. The Balaban J connectivity index is 2.79. The highest BCUT2D eigenvalue weighted by Gasteiger charge is 2.09. The molecular formula is C18H27NO4. The van der Waals surface area contributed by atoms with Gasteiger partial charge in [0.25, 0.3) is 0 Å². The average Bonchev–Trinajstić information content (AvgIpc) is 2.46. The van der Waals surface area contributed by atoms with Crippen molar-refractivity contribution in [3.05, 3.63) is 18.2 Å². The van der Waals surface area contributed by atoms with Gasteiger partial charge in [-0.05, 0) is 19.8 Å². The van der Waals surface area contributed by atoms with Gasteiger partial charge in [0.15, 0.2) is 0 Å². The van der Waals surface area contributed by atoms with Crippen molar-refractivity contribution in [2.45, 2.75) is 52.9 Å².